The number of hydrogen-bond acceptors (Lipinski definition) is 7. The standard InChI is InChI=1S/C11H14ClNO7S/c1-3-19-4-5-20-9-6-8(13(14)15)7-10(11(9)18-2)21(12,16)17/h6-7H,3-5H2,1-2H3. The first-order valence-corrected chi connectivity index (χ1v) is 8.13. The molecule has 1 rings (SSSR count). The molecule has 1 aromatic rings. The lowest BCUT2D eigenvalue weighted by atomic mass is 10.3. The van der Waals surface area contributed by atoms with Crippen molar-refractivity contribution in [3.05, 3.63) is 22.2 Å². The molecule has 0 spiro atoms. The van der Waals surface area contributed by atoms with Crippen LogP contribution in [0.15, 0.2) is 17.0 Å². The Kier molecular flexibility index (Phi) is 6.19. The molecule has 0 fully saturated rings. The molecule has 0 aliphatic carbocycles. The summed E-state index contributed by atoms with van der Waals surface area (Å²) < 4.78 is 38.3. The fraction of sp³-hybridized carbons (Fsp3) is 0.455. The predicted molar refractivity (Wildman–Crippen MR) is 74.7 cm³/mol. The lowest BCUT2D eigenvalue weighted by Gasteiger charge is -2.13. The van der Waals surface area contributed by atoms with E-state index >= 15 is 0 Å². The molecule has 0 unspecified atom stereocenters. The van der Waals surface area contributed by atoms with E-state index in [9.17, 15) is 18.5 Å². The summed E-state index contributed by atoms with van der Waals surface area (Å²) in [6.45, 7) is 2.60. The van der Waals surface area contributed by atoms with Crippen molar-refractivity contribution >= 4 is 25.4 Å². The van der Waals surface area contributed by atoms with Crippen LogP contribution in [0.25, 0.3) is 0 Å². The van der Waals surface area contributed by atoms with Crippen molar-refractivity contribution in [3.8, 4) is 11.5 Å². The Morgan fingerprint density at radius 3 is 2.48 bits per heavy atom. The van der Waals surface area contributed by atoms with E-state index < -0.39 is 24.6 Å². The van der Waals surface area contributed by atoms with Crippen LogP contribution in [0.3, 0.4) is 0 Å². The first kappa shape index (κ1) is 17.5. The van der Waals surface area contributed by atoms with Gasteiger partial charge in [0.05, 0.1) is 24.7 Å². The molecule has 0 radical (unpaired) electrons. The van der Waals surface area contributed by atoms with Crippen LogP contribution in [-0.2, 0) is 13.8 Å². The van der Waals surface area contributed by atoms with Crippen LogP contribution in [0, 0.1) is 10.1 Å². The van der Waals surface area contributed by atoms with Gasteiger partial charge in [-0.25, -0.2) is 8.42 Å². The summed E-state index contributed by atoms with van der Waals surface area (Å²) in [6, 6.07) is 1.88. The average molecular weight is 340 g/mol. The number of ether oxygens (including phenoxy) is 3. The van der Waals surface area contributed by atoms with Gasteiger partial charge in [0.1, 0.15) is 11.5 Å². The highest BCUT2D eigenvalue weighted by Gasteiger charge is 2.26. The zero-order chi connectivity index (χ0) is 16.0. The van der Waals surface area contributed by atoms with Crippen molar-refractivity contribution in [2.45, 2.75) is 11.8 Å². The number of benzene rings is 1. The van der Waals surface area contributed by atoms with Gasteiger partial charge >= 0.3 is 0 Å². The summed E-state index contributed by atoms with van der Waals surface area (Å²) in [5, 5.41) is 10.9. The Labute approximate surface area is 126 Å². The number of rotatable bonds is 8. The van der Waals surface area contributed by atoms with Gasteiger partial charge in [-0.3, -0.25) is 10.1 Å². The summed E-state index contributed by atoms with van der Waals surface area (Å²) in [5.41, 5.74) is -0.471. The Morgan fingerprint density at radius 2 is 2.00 bits per heavy atom. The van der Waals surface area contributed by atoms with Crippen molar-refractivity contribution < 1.29 is 27.6 Å². The molecule has 10 heteroatoms. The number of hydrogen-bond donors (Lipinski definition) is 0. The Balaban J connectivity index is 3.26. The van der Waals surface area contributed by atoms with Crippen LogP contribution in [0.5, 0.6) is 11.5 Å². The molecular weight excluding hydrogens is 326 g/mol. The maximum atomic E-state index is 11.5. The quantitative estimate of drug-likeness (QED) is 0.308. The third kappa shape index (κ3) is 4.73. The first-order chi connectivity index (χ1) is 9.81. The third-order valence-corrected chi connectivity index (χ3v) is 3.70. The lowest BCUT2D eigenvalue weighted by Crippen LogP contribution is -2.08. The highest BCUT2D eigenvalue weighted by molar-refractivity contribution is 8.13. The summed E-state index contributed by atoms with van der Waals surface area (Å²) in [4.78, 5) is 9.58. The zero-order valence-corrected chi connectivity index (χ0v) is 12.9. The first-order valence-electron chi connectivity index (χ1n) is 5.82. The van der Waals surface area contributed by atoms with Gasteiger partial charge in [-0.1, -0.05) is 0 Å². The maximum absolute atomic E-state index is 11.5. The molecule has 0 bridgehead atoms. The van der Waals surface area contributed by atoms with Crippen molar-refractivity contribution in [2.24, 2.45) is 0 Å². The van der Waals surface area contributed by atoms with Crippen molar-refractivity contribution in [2.75, 3.05) is 26.9 Å². The Hall–Kier alpha value is -1.58. The number of methoxy groups -OCH3 is 1. The molecule has 21 heavy (non-hydrogen) atoms. The average Bonchev–Trinajstić information content (AvgIpc) is 2.41. The molecule has 0 saturated carbocycles. The number of nitrogens with zero attached hydrogens (tertiary/aromatic N) is 1. The summed E-state index contributed by atoms with van der Waals surface area (Å²) in [7, 11) is 2.25. The van der Waals surface area contributed by atoms with Gasteiger partial charge in [0, 0.05) is 23.4 Å². The van der Waals surface area contributed by atoms with Gasteiger partial charge in [0.15, 0.2) is 11.5 Å². The minimum absolute atomic E-state index is 0.0765. The molecular formula is C11H14ClNO7S. The monoisotopic (exact) mass is 339 g/mol. The van der Waals surface area contributed by atoms with E-state index in [-0.39, 0.29) is 24.7 Å². The fourth-order valence-electron chi connectivity index (χ4n) is 1.51. The molecule has 0 aromatic heterocycles. The van der Waals surface area contributed by atoms with E-state index in [0.717, 1.165) is 12.1 Å². The summed E-state index contributed by atoms with van der Waals surface area (Å²) in [6.07, 6.45) is 0. The van der Waals surface area contributed by atoms with Crippen LogP contribution in [0.4, 0.5) is 5.69 Å². The molecule has 0 amide bonds. The van der Waals surface area contributed by atoms with Gasteiger partial charge in [0.2, 0.25) is 0 Å². The number of nitro benzene ring substituents is 1. The van der Waals surface area contributed by atoms with Crippen LogP contribution >= 0.6 is 10.7 Å². The molecule has 118 valence electrons. The minimum atomic E-state index is -4.23. The van der Waals surface area contributed by atoms with Gasteiger partial charge in [-0.15, -0.1) is 0 Å². The van der Waals surface area contributed by atoms with Gasteiger partial charge in [-0.2, -0.15) is 0 Å². The van der Waals surface area contributed by atoms with Gasteiger partial charge in [-0.05, 0) is 6.92 Å². The summed E-state index contributed by atoms with van der Waals surface area (Å²) in [5.74, 6) is -0.280. The fourth-order valence-corrected chi connectivity index (χ4v) is 2.52. The lowest BCUT2D eigenvalue weighted by molar-refractivity contribution is -0.385. The van der Waals surface area contributed by atoms with E-state index in [0.29, 0.717) is 6.61 Å². The van der Waals surface area contributed by atoms with E-state index in [1.165, 1.54) is 7.11 Å². The van der Waals surface area contributed by atoms with Crippen LogP contribution < -0.4 is 9.47 Å². The van der Waals surface area contributed by atoms with E-state index in [4.69, 9.17) is 24.9 Å². The Morgan fingerprint density at radius 1 is 1.33 bits per heavy atom. The predicted octanol–water partition coefficient (Wildman–Crippen LogP) is 1.95. The minimum Gasteiger partial charge on any atom is -0.492 e. The molecule has 8 nitrogen and oxygen atoms in total. The SMILES string of the molecule is CCOCCOc1cc([N+](=O)[O-])cc(S(=O)(=O)Cl)c1OC. The van der Waals surface area contributed by atoms with Crippen molar-refractivity contribution in [1.82, 2.24) is 0 Å². The largest absolute Gasteiger partial charge is 0.492 e. The van der Waals surface area contributed by atoms with E-state index in [2.05, 4.69) is 0 Å². The topological polar surface area (TPSA) is 105 Å². The van der Waals surface area contributed by atoms with Crippen LogP contribution in [0.1, 0.15) is 6.92 Å². The van der Waals surface area contributed by atoms with E-state index in [1.807, 2.05) is 0 Å². The molecule has 0 N–H and O–H groups in total. The van der Waals surface area contributed by atoms with Crippen LogP contribution in [-0.4, -0.2) is 40.3 Å². The molecule has 1 aromatic carbocycles. The number of halogens is 1. The highest BCUT2D eigenvalue weighted by Crippen LogP contribution is 2.39. The van der Waals surface area contributed by atoms with Gasteiger partial charge < -0.3 is 14.2 Å². The second kappa shape index (κ2) is 7.43. The smallest absolute Gasteiger partial charge is 0.274 e. The van der Waals surface area contributed by atoms with Crippen LogP contribution in [0.2, 0.25) is 0 Å². The third-order valence-electron chi connectivity index (χ3n) is 2.37. The number of nitro groups is 1. The second-order valence-electron chi connectivity index (χ2n) is 3.72. The van der Waals surface area contributed by atoms with Crippen molar-refractivity contribution in [1.29, 1.82) is 0 Å². The number of non-ortho nitro benzene ring substituents is 1. The molecule has 0 heterocycles. The molecule has 0 atom stereocenters. The normalized spacial score (nSPS) is 11.2. The second-order valence-corrected chi connectivity index (χ2v) is 6.25. The maximum Gasteiger partial charge on any atom is 0.274 e. The zero-order valence-electron chi connectivity index (χ0n) is 11.4. The van der Waals surface area contributed by atoms with Gasteiger partial charge in [0.25, 0.3) is 14.7 Å². The molecule has 0 aliphatic rings. The van der Waals surface area contributed by atoms with E-state index in [1.54, 1.807) is 6.92 Å². The molecule has 0 saturated heterocycles. The summed E-state index contributed by atoms with van der Waals surface area (Å²) >= 11 is 0. The molecule has 0 aliphatic heterocycles. The highest BCUT2D eigenvalue weighted by atomic mass is 35.7. The van der Waals surface area contributed by atoms with Crippen molar-refractivity contribution in [3.63, 3.8) is 0 Å². The Bertz CT molecular complexity index is 617.